The molecule has 8 heteroatoms. The molecule has 0 amide bonds. The van der Waals surface area contributed by atoms with Gasteiger partial charge in [-0.05, 0) is 60.7 Å². The SMILES string of the molecule is Oc1ccc(-c2nc(-c3ccc(O)cc3O)nc(-c3ccc(C4CC4)cc3O)n2)c(O)c1. The maximum absolute atomic E-state index is 10.7. The Labute approximate surface area is 182 Å². The van der Waals surface area contributed by atoms with E-state index in [9.17, 15) is 25.5 Å². The summed E-state index contributed by atoms with van der Waals surface area (Å²) >= 11 is 0. The quantitative estimate of drug-likeness (QED) is 0.324. The predicted octanol–water partition coefficient (Wildman–Crippen LogP) is 4.28. The van der Waals surface area contributed by atoms with Crippen LogP contribution in [0.3, 0.4) is 0 Å². The molecule has 0 bridgehead atoms. The van der Waals surface area contributed by atoms with Gasteiger partial charge >= 0.3 is 0 Å². The second kappa shape index (κ2) is 7.42. The lowest BCUT2D eigenvalue weighted by molar-refractivity contribution is 0.451. The Balaban J connectivity index is 1.71. The zero-order valence-corrected chi connectivity index (χ0v) is 16.8. The molecule has 0 radical (unpaired) electrons. The van der Waals surface area contributed by atoms with Crippen LogP contribution < -0.4 is 0 Å². The van der Waals surface area contributed by atoms with E-state index in [1.807, 2.05) is 6.07 Å². The summed E-state index contributed by atoms with van der Waals surface area (Å²) in [7, 11) is 0. The van der Waals surface area contributed by atoms with E-state index in [1.165, 1.54) is 36.4 Å². The smallest absolute Gasteiger partial charge is 0.167 e. The van der Waals surface area contributed by atoms with E-state index >= 15 is 0 Å². The Kier molecular flexibility index (Phi) is 4.55. The molecule has 3 aromatic carbocycles. The minimum atomic E-state index is -0.240. The molecular weight excluding hydrogens is 410 g/mol. The first-order valence-corrected chi connectivity index (χ1v) is 10.0. The summed E-state index contributed by atoms with van der Waals surface area (Å²) in [5.74, 6) is 0.0684. The highest BCUT2D eigenvalue weighted by molar-refractivity contribution is 5.74. The van der Waals surface area contributed by atoms with Gasteiger partial charge < -0.3 is 25.5 Å². The largest absolute Gasteiger partial charge is 0.508 e. The van der Waals surface area contributed by atoms with Gasteiger partial charge in [-0.1, -0.05) is 6.07 Å². The first kappa shape index (κ1) is 19.6. The Bertz CT molecular complexity index is 1280. The summed E-state index contributed by atoms with van der Waals surface area (Å²) < 4.78 is 0. The molecule has 1 fully saturated rings. The van der Waals surface area contributed by atoms with E-state index in [0.29, 0.717) is 11.5 Å². The van der Waals surface area contributed by atoms with E-state index in [1.54, 1.807) is 12.1 Å². The lowest BCUT2D eigenvalue weighted by Gasteiger charge is -2.11. The fourth-order valence-electron chi connectivity index (χ4n) is 3.56. The van der Waals surface area contributed by atoms with Crippen LogP contribution in [0.4, 0.5) is 0 Å². The highest BCUT2D eigenvalue weighted by atomic mass is 16.3. The summed E-state index contributed by atoms with van der Waals surface area (Å²) in [6.45, 7) is 0. The van der Waals surface area contributed by atoms with E-state index in [0.717, 1.165) is 18.4 Å². The van der Waals surface area contributed by atoms with E-state index < -0.39 is 0 Å². The van der Waals surface area contributed by atoms with Gasteiger partial charge in [0, 0.05) is 12.1 Å². The monoisotopic (exact) mass is 429 g/mol. The molecule has 5 N–H and O–H groups in total. The number of phenols is 5. The predicted molar refractivity (Wildman–Crippen MR) is 116 cm³/mol. The summed E-state index contributed by atoms with van der Waals surface area (Å²) in [5, 5.41) is 50.6. The van der Waals surface area contributed by atoms with Crippen LogP contribution in [0.5, 0.6) is 28.7 Å². The zero-order valence-electron chi connectivity index (χ0n) is 16.8. The van der Waals surface area contributed by atoms with Gasteiger partial charge in [0.1, 0.15) is 28.7 Å². The summed E-state index contributed by atoms with van der Waals surface area (Å²) in [6, 6.07) is 13.4. The molecule has 1 saturated carbocycles. The van der Waals surface area contributed by atoms with E-state index in [-0.39, 0.29) is 57.3 Å². The molecule has 4 aromatic rings. The molecule has 5 rings (SSSR count). The summed E-state index contributed by atoms with van der Waals surface area (Å²) in [5.41, 5.74) is 1.89. The van der Waals surface area contributed by atoms with Crippen molar-refractivity contribution in [2.45, 2.75) is 18.8 Å². The van der Waals surface area contributed by atoms with Gasteiger partial charge in [-0.15, -0.1) is 0 Å². The van der Waals surface area contributed by atoms with E-state index in [4.69, 9.17) is 0 Å². The molecule has 0 spiro atoms. The first-order chi connectivity index (χ1) is 15.4. The van der Waals surface area contributed by atoms with Gasteiger partial charge in [0.05, 0.1) is 16.7 Å². The molecule has 0 aliphatic heterocycles. The number of benzene rings is 3. The Morgan fingerprint density at radius 2 is 0.938 bits per heavy atom. The van der Waals surface area contributed by atoms with Gasteiger partial charge in [0.15, 0.2) is 17.5 Å². The first-order valence-electron chi connectivity index (χ1n) is 10.0. The zero-order chi connectivity index (χ0) is 22.4. The Morgan fingerprint density at radius 1 is 0.531 bits per heavy atom. The van der Waals surface area contributed by atoms with Crippen molar-refractivity contribution in [3.8, 4) is 62.9 Å². The van der Waals surface area contributed by atoms with Crippen molar-refractivity contribution in [1.29, 1.82) is 0 Å². The van der Waals surface area contributed by atoms with Gasteiger partial charge in [-0.3, -0.25) is 0 Å². The highest BCUT2D eigenvalue weighted by Crippen LogP contribution is 2.43. The molecule has 160 valence electrons. The lowest BCUT2D eigenvalue weighted by atomic mass is 10.1. The van der Waals surface area contributed by atoms with Crippen LogP contribution in [0.2, 0.25) is 0 Å². The van der Waals surface area contributed by atoms with Gasteiger partial charge in [0.25, 0.3) is 0 Å². The highest BCUT2D eigenvalue weighted by Gasteiger charge is 2.25. The average molecular weight is 429 g/mol. The van der Waals surface area contributed by atoms with Gasteiger partial charge in [0.2, 0.25) is 0 Å². The second-order valence-corrected chi connectivity index (χ2v) is 7.76. The third-order valence-corrected chi connectivity index (χ3v) is 5.39. The number of hydrogen-bond donors (Lipinski definition) is 5. The van der Waals surface area contributed by atoms with Crippen LogP contribution in [0, 0.1) is 0 Å². The summed E-state index contributed by atoms with van der Waals surface area (Å²) in [4.78, 5) is 13.2. The van der Waals surface area contributed by atoms with Crippen LogP contribution in [-0.2, 0) is 0 Å². The van der Waals surface area contributed by atoms with E-state index in [2.05, 4.69) is 15.0 Å². The third kappa shape index (κ3) is 3.62. The Hall–Kier alpha value is -4.33. The normalized spacial score (nSPS) is 13.2. The number of phenolic OH excluding ortho intramolecular Hbond substituents is 5. The van der Waals surface area contributed by atoms with Crippen molar-refractivity contribution in [3.05, 3.63) is 60.2 Å². The second-order valence-electron chi connectivity index (χ2n) is 7.76. The molecule has 0 saturated heterocycles. The van der Waals surface area contributed by atoms with Crippen LogP contribution >= 0.6 is 0 Å². The Morgan fingerprint density at radius 3 is 1.31 bits per heavy atom. The molecule has 1 aliphatic carbocycles. The number of hydrogen-bond acceptors (Lipinski definition) is 8. The fourth-order valence-corrected chi connectivity index (χ4v) is 3.56. The minimum Gasteiger partial charge on any atom is -0.508 e. The van der Waals surface area contributed by atoms with Crippen molar-refractivity contribution in [1.82, 2.24) is 15.0 Å². The average Bonchev–Trinajstić information content (AvgIpc) is 3.59. The molecule has 1 aromatic heterocycles. The van der Waals surface area contributed by atoms with Crippen LogP contribution in [0.15, 0.2) is 54.6 Å². The fraction of sp³-hybridized carbons (Fsp3) is 0.125. The molecule has 1 aliphatic rings. The minimum absolute atomic E-state index is 0.0161. The van der Waals surface area contributed by atoms with Crippen LogP contribution in [-0.4, -0.2) is 40.5 Å². The van der Waals surface area contributed by atoms with Crippen molar-refractivity contribution < 1.29 is 25.5 Å². The maximum Gasteiger partial charge on any atom is 0.167 e. The molecule has 1 heterocycles. The standard InChI is InChI=1S/C24H19N3O5/c28-14-4-7-17(20(31)10-14)23-25-22(16-6-3-13(9-19(16)30)12-1-2-12)26-24(27-23)18-8-5-15(29)11-21(18)32/h3-12,28-32H,1-2H2. The van der Waals surface area contributed by atoms with Crippen LogP contribution in [0.1, 0.15) is 24.3 Å². The number of nitrogens with zero attached hydrogens (tertiary/aromatic N) is 3. The topological polar surface area (TPSA) is 140 Å². The number of aromatic nitrogens is 3. The molecule has 8 nitrogen and oxygen atoms in total. The molecule has 0 atom stereocenters. The lowest BCUT2D eigenvalue weighted by Crippen LogP contribution is -2.01. The maximum atomic E-state index is 10.7. The third-order valence-electron chi connectivity index (χ3n) is 5.39. The van der Waals surface area contributed by atoms with Gasteiger partial charge in [-0.25, -0.2) is 15.0 Å². The van der Waals surface area contributed by atoms with Crippen molar-refractivity contribution in [3.63, 3.8) is 0 Å². The van der Waals surface area contributed by atoms with Crippen LogP contribution in [0.25, 0.3) is 34.2 Å². The van der Waals surface area contributed by atoms with Gasteiger partial charge in [-0.2, -0.15) is 0 Å². The number of rotatable bonds is 4. The summed E-state index contributed by atoms with van der Waals surface area (Å²) in [6.07, 6.45) is 2.19. The van der Waals surface area contributed by atoms with Crippen molar-refractivity contribution in [2.24, 2.45) is 0 Å². The van der Waals surface area contributed by atoms with Crippen molar-refractivity contribution in [2.75, 3.05) is 0 Å². The number of aromatic hydroxyl groups is 5. The molecule has 32 heavy (non-hydrogen) atoms. The van der Waals surface area contributed by atoms with Crippen molar-refractivity contribution >= 4 is 0 Å². The molecule has 0 unspecified atom stereocenters. The molecular formula is C24H19N3O5.